The maximum Gasteiger partial charge on any atom is 0.300 e. The third-order valence-corrected chi connectivity index (χ3v) is 3.78. The summed E-state index contributed by atoms with van der Waals surface area (Å²) >= 11 is 0. The van der Waals surface area contributed by atoms with Crippen LogP contribution in [0.2, 0.25) is 0 Å². The van der Waals surface area contributed by atoms with Crippen LogP contribution >= 0.6 is 0 Å². The van der Waals surface area contributed by atoms with E-state index in [2.05, 4.69) is 5.10 Å². The molecule has 0 radical (unpaired) electrons. The summed E-state index contributed by atoms with van der Waals surface area (Å²) in [4.78, 5) is 8.74. The molecule has 0 saturated carbocycles. The number of hydrazone groups is 1. The van der Waals surface area contributed by atoms with Gasteiger partial charge in [0.15, 0.2) is 0 Å². The number of para-hydroxylation sites is 1. The summed E-state index contributed by atoms with van der Waals surface area (Å²) in [6.45, 7) is 1.11. The highest BCUT2D eigenvalue weighted by molar-refractivity contribution is 7.88. The van der Waals surface area contributed by atoms with Crippen LogP contribution in [0.3, 0.4) is 0 Å². The van der Waals surface area contributed by atoms with Gasteiger partial charge in [-0.15, -0.1) is 0 Å². The van der Waals surface area contributed by atoms with E-state index >= 15 is 0 Å². The average molecular weight is 269 g/mol. The van der Waals surface area contributed by atoms with Crippen molar-refractivity contribution in [1.29, 1.82) is 0 Å². The largest absolute Gasteiger partial charge is 0.745 e. The number of hydrogen-bond acceptors (Lipinski definition) is 6. The number of carbonyl (C=O) groups excluding carboxylic acids is 1. The van der Waals surface area contributed by atoms with Crippen molar-refractivity contribution in [3.63, 3.8) is 0 Å². The van der Waals surface area contributed by atoms with Crippen LogP contribution in [0, 0.1) is 0 Å². The third kappa shape index (κ3) is 1.62. The molecule has 2 rings (SSSR count). The van der Waals surface area contributed by atoms with Gasteiger partial charge in [-0.3, -0.25) is 4.79 Å². The molecule has 1 heterocycles. The van der Waals surface area contributed by atoms with E-state index in [9.17, 15) is 22.9 Å². The third-order valence-electron chi connectivity index (χ3n) is 2.59. The molecule has 1 atom stereocenters. The SMILES string of the molecule is CC1=NN(c2ccccc2)C(=O)[C@]1(O)S(=O)(=O)[O-]. The number of rotatable bonds is 2. The zero-order valence-corrected chi connectivity index (χ0v) is 10.1. The Bertz CT molecular complexity index is 625. The number of anilines is 1. The lowest BCUT2D eigenvalue weighted by atomic mass is 10.2. The fourth-order valence-electron chi connectivity index (χ4n) is 1.59. The number of benzene rings is 1. The maximum absolute atomic E-state index is 11.9. The molecule has 96 valence electrons. The van der Waals surface area contributed by atoms with Crippen molar-refractivity contribution >= 4 is 27.4 Å². The topological polar surface area (TPSA) is 110 Å². The zero-order valence-electron chi connectivity index (χ0n) is 9.27. The second kappa shape index (κ2) is 3.87. The highest BCUT2D eigenvalue weighted by Crippen LogP contribution is 2.29. The molecule has 0 aromatic heterocycles. The summed E-state index contributed by atoms with van der Waals surface area (Å²) in [5.41, 5.74) is -0.201. The number of hydrogen-bond donors (Lipinski definition) is 1. The van der Waals surface area contributed by atoms with Gasteiger partial charge in [0.2, 0.25) is 0 Å². The molecule has 1 aromatic carbocycles. The molecule has 1 N–H and O–H groups in total. The highest BCUT2D eigenvalue weighted by atomic mass is 32.2. The van der Waals surface area contributed by atoms with Crippen LogP contribution in [-0.4, -0.2) is 34.6 Å². The molecule has 8 heteroatoms. The quantitative estimate of drug-likeness (QED) is 0.737. The van der Waals surface area contributed by atoms with E-state index in [-0.39, 0.29) is 5.69 Å². The Balaban J connectivity index is 2.52. The molecule has 0 unspecified atom stereocenters. The van der Waals surface area contributed by atoms with Crippen LogP contribution < -0.4 is 5.01 Å². The molecular weight excluding hydrogens is 260 g/mol. The summed E-state index contributed by atoms with van der Waals surface area (Å²) in [5, 5.41) is 14.1. The standard InChI is InChI=1S/C10H10N2O5S/c1-7-10(14,18(15,16)17)9(13)12(11-7)8-5-3-2-4-6-8/h2-6,14H,1H3,(H,15,16,17)/p-1/t10-/m1/s1. The number of carbonyl (C=O) groups is 1. The molecule has 0 bridgehead atoms. The molecule has 1 amide bonds. The van der Waals surface area contributed by atoms with Crippen LogP contribution in [0.15, 0.2) is 35.4 Å². The van der Waals surface area contributed by atoms with Gasteiger partial charge in [-0.05, 0) is 19.1 Å². The second-order valence-electron chi connectivity index (χ2n) is 3.74. The van der Waals surface area contributed by atoms with E-state index in [1.807, 2.05) is 0 Å². The molecule has 1 aromatic rings. The second-order valence-corrected chi connectivity index (χ2v) is 5.24. The van der Waals surface area contributed by atoms with Gasteiger partial charge in [-0.1, -0.05) is 18.2 Å². The smallest absolute Gasteiger partial charge is 0.300 e. The Labute approximate surface area is 103 Å². The first-order chi connectivity index (χ1) is 8.28. The van der Waals surface area contributed by atoms with Crippen LogP contribution in [0.1, 0.15) is 6.92 Å². The lowest BCUT2D eigenvalue weighted by molar-refractivity contribution is -0.125. The Kier molecular flexibility index (Phi) is 2.73. The molecule has 0 aliphatic carbocycles. The summed E-state index contributed by atoms with van der Waals surface area (Å²) in [7, 11) is -5.26. The van der Waals surface area contributed by atoms with Gasteiger partial charge in [0, 0.05) is 0 Å². The molecule has 1 aliphatic rings. The average Bonchev–Trinajstić information content (AvgIpc) is 2.55. The fourth-order valence-corrected chi connectivity index (χ4v) is 2.30. The van der Waals surface area contributed by atoms with Crippen LogP contribution in [0.25, 0.3) is 0 Å². The molecule has 1 aliphatic heterocycles. The van der Waals surface area contributed by atoms with Gasteiger partial charge >= 0.3 is 0 Å². The summed E-state index contributed by atoms with van der Waals surface area (Å²) in [6, 6.07) is 7.90. The zero-order chi connectivity index (χ0) is 13.6. The Morgan fingerprint density at radius 1 is 1.33 bits per heavy atom. The minimum atomic E-state index is -5.26. The predicted octanol–water partition coefficient (Wildman–Crippen LogP) is -0.357. The van der Waals surface area contributed by atoms with Gasteiger partial charge < -0.3 is 9.66 Å². The van der Waals surface area contributed by atoms with Crippen molar-refractivity contribution in [1.82, 2.24) is 0 Å². The maximum atomic E-state index is 11.9. The molecule has 18 heavy (non-hydrogen) atoms. The Morgan fingerprint density at radius 2 is 1.89 bits per heavy atom. The summed E-state index contributed by atoms with van der Waals surface area (Å²) in [5.74, 6) is -1.29. The minimum absolute atomic E-state index is 0.265. The van der Waals surface area contributed by atoms with E-state index < -0.39 is 26.7 Å². The number of amides is 1. The number of nitrogens with zero attached hydrogens (tertiary/aromatic N) is 2. The first-order valence-corrected chi connectivity index (χ1v) is 6.32. The first-order valence-electron chi connectivity index (χ1n) is 4.91. The van der Waals surface area contributed by atoms with E-state index in [0.717, 1.165) is 6.92 Å². The molecule has 0 fully saturated rings. The van der Waals surface area contributed by atoms with Gasteiger partial charge in [0.05, 0.1) is 11.4 Å². The van der Waals surface area contributed by atoms with E-state index in [1.54, 1.807) is 18.2 Å². The molecule has 7 nitrogen and oxygen atoms in total. The van der Waals surface area contributed by atoms with Crippen molar-refractivity contribution in [2.24, 2.45) is 5.10 Å². The minimum Gasteiger partial charge on any atom is -0.745 e. The van der Waals surface area contributed by atoms with E-state index in [4.69, 9.17) is 0 Å². The van der Waals surface area contributed by atoms with Crippen LogP contribution in [0.5, 0.6) is 0 Å². The first kappa shape index (κ1) is 12.7. The normalized spacial score (nSPS) is 24.3. The van der Waals surface area contributed by atoms with Crippen molar-refractivity contribution in [2.75, 3.05) is 5.01 Å². The fraction of sp³-hybridized carbons (Fsp3) is 0.200. The number of aliphatic hydroxyl groups is 1. The summed E-state index contributed by atoms with van der Waals surface area (Å²) < 4.78 is 33.1. The van der Waals surface area contributed by atoms with Crippen molar-refractivity contribution in [3.05, 3.63) is 30.3 Å². The lowest BCUT2D eigenvalue weighted by Gasteiger charge is -2.24. The lowest BCUT2D eigenvalue weighted by Crippen LogP contribution is -2.52. The molecule has 0 saturated heterocycles. The van der Waals surface area contributed by atoms with E-state index in [0.29, 0.717) is 5.01 Å². The van der Waals surface area contributed by atoms with E-state index in [1.165, 1.54) is 12.1 Å². The Morgan fingerprint density at radius 3 is 2.33 bits per heavy atom. The van der Waals surface area contributed by atoms with Crippen LogP contribution in [-0.2, 0) is 14.9 Å². The monoisotopic (exact) mass is 269 g/mol. The van der Waals surface area contributed by atoms with Gasteiger partial charge in [0.25, 0.3) is 10.8 Å². The predicted molar refractivity (Wildman–Crippen MR) is 61.7 cm³/mol. The molecular formula is C10H9N2O5S-. The van der Waals surface area contributed by atoms with Gasteiger partial charge in [-0.25, -0.2) is 8.42 Å². The van der Waals surface area contributed by atoms with Crippen LogP contribution in [0.4, 0.5) is 5.69 Å². The van der Waals surface area contributed by atoms with Crippen molar-refractivity contribution in [3.8, 4) is 0 Å². The van der Waals surface area contributed by atoms with Crippen molar-refractivity contribution in [2.45, 2.75) is 11.9 Å². The highest BCUT2D eigenvalue weighted by Gasteiger charge is 2.54. The summed E-state index contributed by atoms with van der Waals surface area (Å²) in [6.07, 6.45) is 0. The molecule has 0 spiro atoms. The van der Waals surface area contributed by atoms with Gasteiger partial charge in [0.1, 0.15) is 10.1 Å². The van der Waals surface area contributed by atoms with Crippen molar-refractivity contribution < 1.29 is 22.9 Å². The van der Waals surface area contributed by atoms with Gasteiger partial charge in [-0.2, -0.15) is 10.1 Å². The Hall–Kier alpha value is -1.77.